The molecule has 0 amide bonds. The van der Waals surface area contributed by atoms with Gasteiger partial charge in [0.05, 0.1) is 0 Å². The Morgan fingerprint density at radius 3 is 2.53 bits per heavy atom. The molecule has 1 aromatic heterocycles. The molecular weight excluding hydrogens is 220 g/mol. The third kappa shape index (κ3) is 2.40. The lowest BCUT2D eigenvalue weighted by Crippen LogP contribution is -2.49. The lowest BCUT2D eigenvalue weighted by molar-refractivity contribution is 0.265. The van der Waals surface area contributed by atoms with E-state index in [1.54, 1.807) is 6.92 Å². The van der Waals surface area contributed by atoms with Crippen molar-refractivity contribution in [3.8, 4) is 0 Å². The van der Waals surface area contributed by atoms with Crippen molar-refractivity contribution in [3.05, 3.63) is 16.2 Å². The number of aromatic nitrogens is 2. The molecule has 0 saturated carbocycles. The van der Waals surface area contributed by atoms with Crippen molar-refractivity contribution in [2.24, 2.45) is 5.73 Å². The zero-order chi connectivity index (χ0) is 12.4. The van der Waals surface area contributed by atoms with E-state index in [1.807, 2.05) is 4.90 Å². The number of piperazine rings is 1. The molecule has 7 heteroatoms. The molecule has 1 saturated heterocycles. The zero-order valence-electron chi connectivity index (χ0n) is 9.94. The lowest BCUT2D eigenvalue weighted by Gasteiger charge is -2.34. The Kier molecular flexibility index (Phi) is 3.30. The molecule has 1 aliphatic heterocycles. The Morgan fingerprint density at radius 1 is 1.35 bits per heavy atom. The standard InChI is InChI=1S/C10H18N6O/c1-7-13-9(12)8(10(17)14-7)16-4-2-15(6-11)3-5-16/h2-6,11H2,1H3,(H3,12,13,14,17). The van der Waals surface area contributed by atoms with Gasteiger partial charge in [-0.3, -0.25) is 9.69 Å². The first kappa shape index (κ1) is 11.9. The van der Waals surface area contributed by atoms with Crippen LogP contribution in [0, 0.1) is 6.92 Å². The van der Waals surface area contributed by atoms with Crippen molar-refractivity contribution in [3.63, 3.8) is 0 Å². The number of anilines is 2. The first-order valence-electron chi connectivity index (χ1n) is 5.65. The Hall–Kier alpha value is -1.60. The van der Waals surface area contributed by atoms with Crippen LogP contribution in [0.3, 0.4) is 0 Å². The second kappa shape index (κ2) is 4.72. The van der Waals surface area contributed by atoms with Gasteiger partial charge in [-0.1, -0.05) is 0 Å². The molecule has 2 rings (SSSR count). The molecule has 94 valence electrons. The highest BCUT2D eigenvalue weighted by Gasteiger charge is 2.21. The molecule has 1 aromatic rings. The number of nitrogens with zero attached hydrogens (tertiary/aromatic N) is 3. The normalized spacial score (nSPS) is 17.4. The summed E-state index contributed by atoms with van der Waals surface area (Å²) in [5, 5.41) is 0. The monoisotopic (exact) mass is 238 g/mol. The Bertz CT molecular complexity index is 449. The van der Waals surface area contributed by atoms with E-state index in [0.717, 1.165) is 26.2 Å². The number of nitrogens with two attached hydrogens (primary N) is 2. The Labute approximate surface area is 99.4 Å². The number of aryl methyl sites for hydroxylation is 1. The van der Waals surface area contributed by atoms with Crippen LogP contribution in [0.15, 0.2) is 4.79 Å². The SMILES string of the molecule is Cc1nc(N)c(N2CCN(CN)CC2)c(=O)[nH]1. The van der Waals surface area contributed by atoms with Gasteiger partial charge in [-0.25, -0.2) is 4.98 Å². The third-order valence-corrected chi connectivity index (χ3v) is 2.99. The topological polar surface area (TPSA) is 104 Å². The summed E-state index contributed by atoms with van der Waals surface area (Å²) in [7, 11) is 0. The molecule has 17 heavy (non-hydrogen) atoms. The van der Waals surface area contributed by atoms with E-state index in [0.29, 0.717) is 24.0 Å². The van der Waals surface area contributed by atoms with E-state index in [-0.39, 0.29) is 5.56 Å². The molecule has 0 atom stereocenters. The van der Waals surface area contributed by atoms with Crippen molar-refractivity contribution in [1.29, 1.82) is 0 Å². The minimum absolute atomic E-state index is 0.170. The maximum absolute atomic E-state index is 11.9. The minimum Gasteiger partial charge on any atom is -0.382 e. The predicted molar refractivity (Wildman–Crippen MR) is 66.8 cm³/mol. The van der Waals surface area contributed by atoms with E-state index in [2.05, 4.69) is 14.9 Å². The summed E-state index contributed by atoms with van der Waals surface area (Å²) >= 11 is 0. The van der Waals surface area contributed by atoms with Gasteiger partial charge in [0.1, 0.15) is 11.5 Å². The summed E-state index contributed by atoms with van der Waals surface area (Å²) in [6.45, 7) is 5.43. The van der Waals surface area contributed by atoms with Crippen molar-refractivity contribution >= 4 is 11.5 Å². The van der Waals surface area contributed by atoms with Crippen LogP contribution < -0.4 is 21.9 Å². The quantitative estimate of drug-likeness (QED) is 0.591. The van der Waals surface area contributed by atoms with Gasteiger partial charge in [0.2, 0.25) is 0 Å². The first-order chi connectivity index (χ1) is 8.11. The maximum Gasteiger partial charge on any atom is 0.276 e. The van der Waals surface area contributed by atoms with Crippen LogP contribution in [-0.2, 0) is 0 Å². The molecule has 7 nitrogen and oxygen atoms in total. The van der Waals surface area contributed by atoms with Crippen LogP contribution in [0.4, 0.5) is 11.5 Å². The average Bonchev–Trinajstić information content (AvgIpc) is 2.28. The van der Waals surface area contributed by atoms with Gasteiger partial charge < -0.3 is 21.4 Å². The fourth-order valence-electron chi connectivity index (χ4n) is 2.06. The number of aromatic amines is 1. The highest BCUT2D eigenvalue weighted by atomic mass is 16.1. The largest absolute Gasteiger partial charge is 0.382 e. The summed E-state index contributed by atoms with van der Waals surface area (Å²) in [5.74, 6) is 0.837. The maximum atomic E-state index is 11.9. The smallest absolute Gasteiger partial charge is 0.276 e. The van der Waals surface area contributed by atoms with Crippen molar-refractivity contribution in [2.45, 2.75) is 6.92 Å². The number of nitrogen functional groups attached to an aromatic ring is 1. The summed E-state index contributed by atoms with van der Waals surface area (Å²) < 4.78 is 0. The number of rotatable bonds is 2. The molecule has 1 aliphatic rings. The molecule has 5 N–H and O–H groups in total. The number of nitrogens with one attached hydrogen (secondary N) is 1. The van der Waals surface area contributed by atoms with Gasteiger partial charge in [-0.2, -0.15) is 0 Å². The van der Waals surface area contributed by atoms with Crippen molar-refractivity contribution in [2.75, 3.05) is 43.5 Å². The Morgan fingerprint density at radius 2 is 2.00 bits per heavy atom. The average molecular weight is 238 g/mol. The molecule has 0 aromatic carbocycles. The molecule has 1 fully saturated rings. The van der Waals surface area contributed by atoms with Crippen LogP contribution in [0.1, 0.15) is 5.82 Å². The fourth-order valence-corrected chi connectivity index (χ4v) is 2.06. The molecule has 0 bridgehead atoms. The van der Waals surface area contributed by atoms with Gasteiger partial charge in [-0.15, -0.1) is 0 Å². The minimum atomic E-state index is -0.170. The molecule has 0 unspecified atom stereocenters. The van der Waals surface area contributed by atoms with Crippen molar-refractivity contribution in [1.82, 2.24) is 14.9 Å². The van der Waals surface area contributed by atoms with Gasteiger partial charge in [0.25, 0.3) is 5.56 Å². The van der Waals surface area contributed by atoms with Crippen LogP contribution in [0.5, 0.6) is 0 Å². The fraction of sp³-hybridized carbons (Fsp3) is 0.600. The number of hydrogen-bond acceptors (Lipinski definition) is 6. The van der Waals surface area contributed by atoms with Crippen LogP contribution in [-0.4, -0.2) is 47.7 Å². The summed E-state index contributed by atoms with van der Waals surface area (Å²) in [4.78, 5) is 22.7. The number of hydrogen-bond donors (Lipinski definition) is 3. The van der Waals surface area contributed by atoms with Crippen LogP contribution in [0.25, 0.3) is 0 Å². The summed E-state index contributed by atoms with van der Waals surface area (Å²) in [5.41, 5.74) is 11.7. The Balaban J connectivity index is 2.22. The molecule has 0 spiro atoms. The molecular formula is C10H18N6O. The molecule has 2 heterocycles. The van der Waals surface area contributed by atoms with E-state index in [4.69, 9.17) is 11.5 Å². The van der Waals surface area contributed by atoms with Crippen LogP contribution >= 0.6 is 0 Å². The van der Waals surface area contributed by atoms with E-state index < -0.39 is 0 Å². The second-order valence-corrected chi connectivity index (χ2v) is 4.17. The van der Waals surface area contributed by atoms with Crippen LogP contribution in [0.2, 0.25) is 0 Å². The third-order valence-electron chi connectivity index (χ3n) is 2.99. The van der Waals surface area contributed by atoms with E-state index in [9.17, 15) is 4.79 Å². The summed E-state index contributed by atoms with van der Waals surface area (Å²) in [6, 6.07) is 0. The van der Waals surface area contributed by atoms with E-state index >= 15 is 0 Å². The number of H-pyrrole nitrogens is 1. The van der Waals surface area contributed by atoms with Gasteiger partial charge in [-0.05, 0) is 6.92 Å². The van der Waals surface area contributed by atoms with Gasteiger partial charge in [0.15, 0.2) is 5.82 Å². The molecule has 0 aliphatic carbocycles. The predicted octanol–water partition coefficient (Wildman–Crippen LogP) is -1.30. The zero-order valence-corrected chi connectivity index (χ0v) is 9.94. The highest BCUT2D eigenvalue weighted by Crippen LogP contribution is 2.16. The summed E-state index contributed by atoms with van der Waals surface area (Å²) in [6.07, 6.45) is 0. The van der Waals surface area contributed by atoms with Crippen molar-refractivity contribution < 1.29 is 0 Å². The van der Waals surface area contributed by atoms with Gasteiger partial charge in [0, 0.05) is 32.8 Å². The van der Waals surface area contributed by atoms with Gasteiger partial charge >= 0.3 is 0 Å². The second-order valence-electron chi connectivity index (χ2n) is 4.17. The first-order valence-corrected chi connectivity index (χ1v) is 5.65. The lowest BCUT2D eigenvalue weighted by atomic mass is 10.3. The molecule has 0 radical (unpaired) electrons. The van der Waals surface area contributed by atoms with E-state index in [1.165, 1.54) is 0 Å². The highest BCUT2D eigenvalue weighted by molar-refractivity contribution is 5.62.